The van der Waals surface area contributed by atoms with Crippen molar-refractivity contribution >= 4 is 0 Å². The molecular weight excluding hydrogens is 252 g/mol. The standard InChI is InChI=1S/C21H24/c1-4-17(3)16-18(5-2)21(19-12-8-6-9-13-19)20-14-10-7-11-15-20/h5-16,21H,4H2,1-3H3/b17-16+,18-5+. The highest BCUT2D eigenvalue weighted by atomic mass is 14.2. The molecule has 21 heavy (non-hydrogen) atoms. The van der Waals surface area contributed by atoms with Gasteiger partial charge in [0, 0.05) is 5.92 Å². The molecule has 0 N–H and O–H groups in total. The van der Waals surface area contributed by atoms with E-state index in [4.69, 9.17) is 0 Å². The third kappa shape index (κ3) is 3.95. The lowest BCUT2D eigenvalue weighted by atomic mass is 9.84. The van der Waals surface area contributed by atoms with Gasteiger partial charge in [0.15, 0.2) is 0 Å². The number of allylic oxidation sites excluding steroid dienone is 4. The number of rotatable bonds is 5. The van der Waals surface area contributed by atoms with Gasteiger partial charge in [-0.15, -0.1) is 0 Å². The normalized spacial score (nSPS) is 12.8. The molecule has 0 atom stereocenters. The molecule has 0 saturated carbocycles. The molecule has 2 aromatic carbocycles. The lowest BCUT2D eigenvalue weighted by Gasteiger charge is -2.20. The van der Waals surface area contributed by atoms with Gasteiger partial charge in [0.1, 0.15) is 0 Å². The lowest BCUT2D eigenvalue weighted by molar-refractivity contribution is 0.961. The molecule has 0 nitrogen and oxygen atoms in total. The van der Waals surface area contributed by atoms with Crippen LogP contribution in [-0.2, 0) is 0 Å². The van der Waals surface area contributed by atoms with E-state index in [1.807, 2.05) is 0 Å². The maximum atomic E-state index is 2.34. The number of hydrogen-bond acceptors (Lipinski definition) is 0. The fraction of sp³-hybridized carbons (Fsp3) is 0.238. The molecule has 0 heterocycles. The van der Waals surface area contributed by atoms with Crippen LogP contribution in [0.25, 0.3) is 0 Å². The van der Waals surface area contributed by atoms with Crippen LogP contribution in [0.4, 0.5) is 0 Å². The summed E-state index contributed by atoms with van der Waals surface area (Å²) in [6.07, 6.45) is 5.67. The number of benzene rings is 2. The summed E-state index contributed by atoms with van der Waals surface area (Å²) in [4.78, 5) is 0. The quantitative estimate of drug-likeness (QED) is 0.577. The van der Waals surface area contributed by atoms with Gasteiger partial charge in [0.2, 0.25) is 0 Å². The van der Waals surface area contributed by atoms with E-state index >= 15 is 0 Å². The Bertz CT molecular complexity index is 564. The van der Waals surface area contributed by atoms with Gasteiger partial charge in [-0.05, 0) is 37.0 Å². The summed E-state index contributed by atoms with van der Waals surface area (Å²) in [5.74, 6) is 0.305. The second kappa shape index (κ2) is 7.64. The van der Waals surface area contributed by atoms with Gasteiger partial charge in [-0.1, -0.05) is 85.3 Å². The monoisotopic (exact) mass is 276 g/mol. The van der Waals surface area contributed by atoms with Crippen LogP contribution < -0.4 is 0 Å². The Morgan fingerprint density at radius 2 is 1.38 bits per heavy atom. The van der Waals surface area contributed by atoms with E-state index in [0.717, 1.165) is 6.42 Å². The van der Waals surface area contributed by atoms with Crippen LogP contribution in [0, 0.1) is 0 Å². The van der Waals surface area contributed by atoms with Crippen LogP contribution in [-0.4, -0.2) is 0 Å². The van der Waals surface area contributed by atoms with Gasteiger partial charge < -0.3 is 0 Å². The maximum Gasteiger partial charge on any atom is 0.0336 e. The molecule has 0 radical (unpaired) electrons. The largest absolute Gasteiger partial charge is 0.0835 e. The minimum Gasteiger partial charge on any atom is -0.0835 e. The summed E-state index contributed by atoms with van der Waals surface area (Å²) in [6.45, 7) is 6.54. The van der Waals surface area contributed by atoms with Gasteiger partial charge in [-0.25, -0.2) is 0 Å². The van der Waals surface area contributed by atoms with Crippen LogP contribution in [0.15, 0.2) is 84.0 Å². The van der Waals surface area contributed by atoms with Crippen molar-refractivity contribution in [1.29, 1.82) is 0 Å². The topological polar surface area (TPSA) is 0 Å². The Kier molecular flexibility index (Phi) is 5.57. The van der Waals surface area contributed by atoms with E-state index in [9.17, 15) is 0 Å². The molecule has 0 aliphatic carbocycles. The molecule has 108 valence electrons. The summed E-state index contributed by atoms with van der Waals surface area (Å²) >= 11 is 0. The smallest absolute Gasteiger partial charge is 0.0336 e. The van der Waals surface area contributed by atoms with Crippen molar-refractivity contribution in [2.45, 2.75) is 33.1 Å². The first-order chi connectivity index (χ1) is 10.3. The van der Waals surface area contributed by atoms with Crippen LogP contribution in [0.1, 0.15) is 44.2 Å². The molecular formula is C21H24. The summed E-state index contributed by atoms with van der Waals surface area (Å²) in [7, 11) is 0. The van der Waals surface area contributed by atoms with Crippen molar-refractivity contribution in [3.8, 4) is 0 Å². The highest BCUT2D eigenvalue weighted by Gasteiger charge is 2.16. The molecule has 2 aromatic rings. The van der Waals surface area contributed by atoms with Crippen molar-refractivity contribution < 1.29 is 0 Å². The van der Waals surface area contributed by atoms with Crippen LogP contribution >= 0.6 is 0 Å². The van der Waals surface area contributed by atoms with Gasteiger partial charge in [0.05, 0.1) is 0 Å². The fourth-order valence-electron chi connectivity index (χ4n) is 2.59. The summed E-state index contributed by atoms with van der Waals surface area (Å²) in [5.41, 5.74) is 5.47. The molecule has 2 rings (SSSR count). The molecule has 0 unspecified atom stereocenters. The third-order valence-electron chi connectivity index (χ3n) is 3.90. The number of hydrogen-bond donors (Lipinski definition) is 0. The Morgan fingerprint density at radius 3 is 1.76 bits per heavy atom. The zero-order valence-electron chi connectivity index (χ0n) is 13.2. The van der Waals surface area contributed by atoms with Gasteiger partial charge in [-0.2, -0.15) is 0 Å². The van der Waals surface area contributed by atoms with E-state index in [1.54, 1.807) is 0 Å². The molecule has 0 bridgehead atoms. The van der Waals surface area contributed by atoms with Crippen molar-refractivity contribution in [3.05, 3.63) is 95.1 Å². The molecule has 0 aromatic heterocycles. The summed E-state index contributed by atoms with van der Waals surface area (Å²) in [6, 6.07) is 21.5. The highest BCUT2D eigenvalue weighted by Crippen LogP contribution is 2.33. The van der Waals surface area contributed by atoms with Gasteiger partial charge in [-0.3, -0.25) is 0 Å². The first-order valence-corrected chi connectivity index (χ1v) is 7.69. The Hall–Kier alpha value is -2.08. The zero-order chi connectivity index (χ0) is 15.1. The van der Waals surface area contributed by atoms with E-state index < -0.39 is 0 Å². The minimum atomic E-state index is 0.305. The summed E-state index contributed by atoms with van der Waals surface area (Å²) in [5, 5.41) is 0. The molecule has 0 spiro atoms. The molecule has 0 aliphatic heterocycles. The summed E-state index contributed by atoms with van der Waals surface area (Å²) < 4.78 is 0. The second-order valence-electron chi connectivity index (χ2n) is 5.39. The van der Waals surface area contributed by atoms with Crippen molar-refractivity contribution in [1.82, 2.24) is 0 Å². The predicted molar refractivity (Wildman–Crippen MR) is 92.5 cm³/mol. The van der Waals surface area contributed by atoms with Crippen LogP contribution in [0.5, 0.6) is 0 Å². The van der Waals surface area contributed by atoms with Gasteiger partial charge >= 0.3 is 0 Å². The molecule has 0 fully saturated rings. The van der Waals surface area contributed by atoms with E-state index in [-0.39, 0.29) is 0 Å². The van der Waals surface area contributed by atoms with Crippen molar-refractivity contribution in [2.24, 2.45) is 0 Å². The van der Waals surface area contributed by atoms with E-state index in [1.165, 1.54) is 22.3 Å². The third-order valence-corrected chi connectivity index (χ3v) is 3.90. The first kappa shape index (κ1) is 15.3. The maximum absolute atomic E-state index is 2.34. The van der Waals surface area contributed by atoms with Crippen molar-refractivity contribution in [2.75, 3.05) is 0 Å². The van der Waals surface area contributed by atoms with E-state index in [2.05, 4.69) is 93.6 Å². The van der Waals surface area contributed by atoms with Crippen LogP contribution in [0.3, 0.4) is 0 Å². The second-order valence-corrected chi connectivity index (χ2v) is 5.39. The molecule has 0 amide bonds. The first-order valence-electron chi connectivity index (χ1n) is 7.69. The average molecular weight is 276 g/mol. The van der Waals surface area contributed by atoms with Crippen molar-refractivity contribution in [3.63, 3.8) is 0 Å². The zero-order valence-corrected chi connectivity index (χ0v) is 13.2. The van der Waals surface area contributed by atoms with Crippen LogP contribution in [0.2, 0.25) is 0 Å². The Balaban J connectivity index is 2.51. The average Bonchev–Trinajstić information content (AvgIpc) is 2.56. The van der Waals surface area contributed by atoms with E-state index in [0.29, 0.717) is 5.92 Å². The highest BCUT2D eigenvalue weighted by molar-refractivity contribution is 5.45. The fourth-order valence-corrected chi connectivity index (χ4v) is 2.59. The lowest BCUT2D eigenvalue weighted by Crippen LogP contribution is -2.04. The predicted octanol–water partition coefficient (Wildman–Crippen LogP) is 6.12. The Labute approximate surface area is 128 Å². The molecule has 0 aliphatic rings. The van der Waals surface area contributed by atoms with Gasteiger partial charge in [0.25, 0.3) is 0 Å². The SMILES string of the molecule is C/C=C(\C=C(/C)CC)C(c1ccccc1)c1ccccc1. The molecule has 0 saturated heterocycles. The molecule has 0 heteroatoms. The Morgan fingerprint density at radius 1 is 0.905 bits per heavy atom. The minimum absolute atomic E-state index is 0.305.